The molecule has 5 rings (SSSR count). The van der Waals surface area contributed by atoms with E-state index in [9.17, 15) is 0 Å². The van der Waals surface area contributed by atoms with E-state index >= 15 is 0 Å². The van der Waals surface area contributed by atoms with E-state index in [1.807, 2.05) is 0 Å². The van der Waals surface area contributed by atoms with Crippen LogP contribution in [0.1, 0.15) is 27.2 Å². The van der Waals surface area contributed by atoms with Crippen LogP contribution < -0.4 is 62.7 Å². The molecule has 430 valence electrons. The molecule has 0 bridgehead atoms. The van der Waals surface area contributed by atoms with Crippen LogP contribution in [0, 0.1) is 0 Å². The van der Waals surface area contributed by atoms with E-state index in [0.29, 0.717) is 13.0 Å². The normalized spacial score (nSPS) is 19.2. The zero-order valence-corrected chi connectivity index (χ0v) is 65.4. The summed E-state index contributed by atoms with van der Waals surface area (Å²) in [5, 5.41) is 17.3. The molecule has 0 radical (unpaired) electrons. The van der Waals surface area contributed by atoms with Gasteiger partial charge in [0.25, 0.3) is 0 Å². The molecule has 0 aliphatic carbocycles. The van der Waals surface area contributed by atoms with Gasteiger partial charge in [0, 0.05) is 34.7 Å². The van der Waals surface area contributed by atoms with Gasteiger partial charge in [0.2, 0.25) is 0 Å². The third-order valence-electron chi connectivity index (χ3n) is 16.2. The molecule has 0 unspecified atom stereocenters. The van der Waals surface area contributed by atoms with Gasteiger partial charge in [-0.1, -0.05) is 292 Å². The molecule has 0 N–H and O–H groups in total. The molecule has 4 aromatic carbocycles. The van der Waals surface area contributed by atoms with Gasteiger partial charge in [-0.15, -0.1) is 0 Å². The fourth-order valence-electron chi connectivity index (χ4n) is 9.10. The molecule has 16 heteroatoms. The number of ether oxygens (including phenoxy) is 2. The lowest BCUT2D eigenvalue weighted by atomic mass is 10.0. The Morgan fingerprint density at radius 3 is 0.870 bits per heavy atom. The highest BCUT2D eigenvalue weighted by Crippen LogP contribution is 2.46. The lowest BCUT2D eigenvalue weighted by molar-refractivity contribution is -0.236. The highest BCUT2D eigenvalue weighted by atomic mass is 31.1. The molecule has 0 saturated carbocycles. The predicted octanol–water partition coefficient (Wildman–Crippen LogP) is 12.0. The van der Waals surface area contributed by atoms with Gasteiger partial charge in [-0.3, -0.25) is 0 Å². The number of benzene rings is 4. The first kappa shape index (κ1) is 67.3. The minimum Gasteiger partial charge on any atom is -0.414 e. The van der Waals surface area contributed by atoms with Crippen LogP contribution in [0.5, 0.6) is 0 Å². The van der Waals surface area contributed by atoms with Crippen LogP contribution >= 0.6 is 16.3 Å². The first-order valence-electron chi connectivity index (χ1n) is 28.9. The summed E-state index contributed by atoms with van der Waals surface area (Å²) in [7, 11) is -17.5. The molecule has 0 amide bonds. The summed E-state index contributed by atoms with van der Waals surface area (Å²) in [5.41, 5.74) is 0. The van der Waals surface area contributed by atoms with Crippen molar-refractivity contribution in [2.75, 3.05) is 13.7 Å². The van der Waals surface area contributed by atoms with Gasteiger partial charge >= 0.3 is 0 Å². The maximum Gasteiger partial charge on any atom is 0.192 e. The molecule has 77 heavy (non-hydrogen) atoms. The van der Waals surface area contributed by atoms with Crippen molar-refractivity contribution in [2.24, 2.45) is 0 Å². The van der Waals surface area contributed by atoms with Crippen LogP contribution in [0.15, 0.2) is 72.8 Å². The molecular formula is C61H110O5P2Si9. The lowest BCUT2D eigenvalue weighted by Gasteiger charge is -2.45. The number of hydrogen-bond acceptors (Lipinski definition) is 5. The zero-order chi connectivity index (χ0) is 58.8. The zero-order valence-electron chi connectivity index (χ0n) is 54.6. The van der Waals surface area contributed by atoms with Gasteiger partial charge in [0.1, 0.15) is 12.2 Å². The molecule has 5 nitrogen and oxygen atoms in total. The standard InChI is InChI=1S/C61H110O5P2Si9/c1-61(2,3)77(29,30)63-44-58-60(66-68(47-35-53(73(17,18)19)41-54(36-47)74(20,21)22)48-37-55(75(23,24)25)42-56(38-48)76(26,27)28)57(43-59(62-4)64-58)65-67(45-31-49(69(5,6)7)39-50(32-45)70(8,9)10)46-33-51(71(11,12)13)40-52(34-46)72(14,15)16/h31-42,57-60H,43-44H2,1-30H3/t57-,58-,59+,60+/m1/s1. The molecule has 0 spiro atoms. The molecule has 1 aliphatic rings. The molecule has 0 aromatic heterocycles. The second-order valence-corrected chi connectivity index (χ2v) is 81.6. The molecule has 4 atom stereocenters. The fourth-order valence-corrected chi connectivity index (χ4v) is 25.2. The summed E-state index contributed by atoms with van der Waals surface area (Å²) in [6.45, 7) is 72.3. The van der Waals surface area contributed by atoms with Gasteiger partial charge in [-0.25, -0.2) is 0 Å². The van der Waals surface area contributed by atoms with E-state index in [0.717, 1.165) is 0 Å². The van der Waals surface area contributed by atoms with E-state index in [1.165, 1.54) is 62.7 Å². The summed E-state index contributed by atoms with van der Waals surface area (Å²) in [6.07, 6.45) is -1.22. The number of hydrogen-bond donors (Lipinski definition) is 0. The smallest absolute Gasteiger partial charge is 0.192 e. The van der Waals surface area contributed by atoms with Crippen molar-refractivity contribution in [1.29, 1.82) is 0 Å². The van der Waals surface area contributed by atoms with Crippen LogP contribution in [-0.2, 0) is 22.9 Å². The van der Waals surface area contributed by atoms with E-state index < -0.39 is 108 Å². The summed E-state index contributed by atoms with van der Waals surface area (Å²) in [5.74, 6) is 0. The average molecular weight is 1240 g/mol. The van der Waals surface area contributed by atoms with Crippen molar-refractivity contribution in [2.45, 2.75) is 227 Å². The van der Waals surface area contributed by atoms with Gasteiger partial charge in [-0.2, -0.15) is 0 Å². The minimum atomic E-state index is -2.26. The maximum absolute atomic E-state index is 8.38. The highest BCUT2D eigenvalue weighted by molar-refractivity contribution is 7.69. The molecular weight excluding hydrogens is 1130 g/mol. The Hall–Kier alpha value is -0.508. The predicted molar refractivity (Wildman–Crippen MR) is 375 cm³/mol. The number of rotatable bonds is 20. The largest absolute Gasteiger partial charge is 0.414 e. The van der Waals surface area contributed by atoms with E-state index in [1.54, 1.807) is 7.11 Å². The summed E-state index contributed by atoms with van der Waals surface area (Å²) in [4.78, 5) is 0. The highest BCUT2D eigenvalue weighted by Gasteiger charge is 2.47. The summed E-state index contributed by atoms with van der Waals surface area (Å²) >= 11 is 0. The van der Waals surface area contributed by atoms with E-state index in [-0.39, 0.29) is 11.1 Å². The van der Waals surface area contributed by atoms with Gasteiger partial charge in [0.05, 0.1) is 93.6 Å². The second kappa shape index (κ2) is 23.9. The Kier molecular flexibility index (Phi) is 20.9. The Morgan fingerprint density at radius 1 is 0.403 bits per heavy atom. The second-order valence-electron chi connectivity index (χ2n) is 32.5. The van der Waals surface area contributed by atoms with Gasteiger partial charge in [0.15, 0.2) is 14.6 Å². The van der Waals surface area contributed by atoms with Crippen molar-refractivity contribution in [3.8, 4) is 0 Å². The first-order valence-corrected chi connectivity index (χ1v) is 62.3. The Morgan fingerprint density at radius 2 is 0.649 bits per heavy atom. The van der Waals surface area contributed by atoms with Crippen molar-refractivity contribution in [3.63, 3.8) is 0 Å². The molecule has 1 saturated heterocycles. The lowest BCUT2D eigenvalue weighted by Crippen LogP contribution is -2.55. The van der Waals surface area contributed by atoms with E-state index in [4.69, 9.17) is 22.9 Å². The SMILES string of the molecule is CO[C@@H]1C[C@@H](OP(c2cc([Si](C)(C)C)cc([Si](C)(C)C)c2)c2cc([Si](C)(C)C)cc([Si](C)(C)C)c2)[C@H](OP(c2cc([Si](C)(C)C)cc([Si](C)(C)C)c2)c2cc([Si](C)(C)C)cc([Si](C)(C)C)c2)[C@@H](CO[Si](C)(C)C(C)(C)C)O1. The van der Waals surface area contributed by atoms with E-state index in [2.05, 4.69) is 264 Å². The van der Waals surface area contributed by atoms with Crippen molar-refractivity contribution in [3.05, 3.63) is 72.8 Å². The Bertz CT molecular complexity index is 2410. The fraction of sp³-hybridized carbons (Fsp3) is 0.607. The van der Waals surface area contributed by atoms with Crippen LogP contribution in [0.4, 0.5) is 0 Å². The molecule has 1 heterocycles. The minimum absolute atomic E-state index is 0.00943. The Balaban J connectivity index is 1.96. The number of methoxy groups -OCH3 is 1. The van der Waals surface area contributed by atoms with Gasteiger partial charge in [-0.05, 0) is 18.1 Å². The first-order chi connectivity index (χ1) is 34.5. The van der Waals surface area contributed by atoms with Crippen LogP contribution in [0.2, 0.25) is 175 Å². The third-order valence-corrected chi connectivity index (χ3v) is 40.7. The summed E-state index contributed by atoms with van der Waals surface area (Å²) < 4.78 is 37.7. The maximum atomic E-state index is 8.38. The van der Waals surface area contributed by atoms with Crippen LogP contribution in [0.25, 0.3) is 0 Å². The monoisotopic (exact) mass is 1240 g/mol. The molecule has 1 aliphatic heterocycles. The molecule has 4 aromatic rings. The average Bonchev–Trinajstić information content (AvgIpc) is 3.26. The van der Waals surface area contributed by atoms with Crippen molar-refractivity contribution >= 4 is 152 Å². The topological polar surface area (TPSA) is 46.2 Å². The quantitative estimate of drug-likeness (QED) is 0.0652. The third kappa shape index (κ3) is 17.5. The van der Waals surface area contributed by atoms with Gasteiger partial charge < -0.3 is 22.9 Å². The summed E-state index contributed by atoms with van der Waals surface area (Å²) in [6, 6.07) is 30.9. The van der Waals surface area contributed by atoms with Crippen LogP contribution in [0.3, 0.4) is 0 Å². The van der Waals surface area contributed by atoms with Crippen LogP contribution in [-0.4, -0.2) is 111 Å². The molecule has 1 fully saturated rings. The van der Waals surface area contributed by atoms with Crippen molar-refractivity contribution < 1.29 is 22.9 Å². The van der Waals surface area contributed by atoms with Crippen molar-refractivity contribution in [1.82, 2.24) is 0 Å². The Labute approximate surface area is 484 Å².